The van der Waals surface area contributed by atoms with Crippen LogP contribution >= 0.6 is 0 Å². The van der Waals surface area contributed by atoms with Gasteiger partial charge in [-0.05, 0) is 79.6 Å². The minimum Gasteiger partial charge on any atom is -0.396 e. The van der Waals surface area contributed by atoms with Gasteiger partial charge in [-0.25, -0.2) is 0 Å². The number of rotatable bonds is 3. The number of aliphatic hydroxyl groups excluding tert-OH is 2. The van der Waals surface area contributed by atoms with Crippen molar-refractivity contribution in [3.05, 3.63) is 11.7 Å². The van der Waals surface area contributed by atoms with Crippen LogP contribution < -0.4 is 11.5 Å². The maximum atomic E-state index is 13.6. The predicted octanol–water partition coefficient (Wildman–Crippen LogP) is 2.63. The van der Waals surface area contributed by atoms with Gasteiger partial charge in [-0.3, -0.25) is 0 Å². The zero-order valence-corrected chi connectivity index (χ0v) is 15.9. The van der Waals surface area contributed by atoms with Crippen LogP contribution in [-0.4, -0.2) is 35.5 Å². The second-order valence-electron chi connectivity index (χ2n) is 9.40. The molecule has 6 N–H and O–H groups in total. The van der Waals surface area contributed by atoms with Crippen LogP contribution in [-0.2, 0) is 0 Å². The molecule has 0 radical (unpaired) electrons. The van der Waals surface area contributed by atoms with Crippen LogP contribution in [0.3, 0.4) is 0 Å². The molecule has 8 atom stereocenters. The van der Waals surface area contributed by atoms with Gasteiger partial charge in [0.05, 0.1) is 6.10 Å². The third-order valence-corrected chi connectivity index (χ3v) is 8.37. The number of aliphatic hydroxyl groups is 2. The molecule has 0 aliphatic heterocycles. The Hall–Kier alpha value is -0.560. The van der Waals surface area contributed by atoms with Gasteiger partial charge in [0.2, 0.25) is 0 Å². The third kappa shape index (κ3) is 2.93. The fraction of sp³-hybridized carbons (Fsp3) is 0.900. The highest BCUT2D eigenvalue weighted by atomic mass is 19.3. The van der Waals surface area contributed by atoms with Gasteiger partial charge >= 0.3 is 0 Å². The van der Waals surface area contributed by atoms with Crippen molar-refractivity contribution in [1.82, 2.24) is 0 Å². The molecule has 3 saturated carbocycles. The van der Waals surface area contributed by atoms with E-state index in [2.05, 4.69) is 6.92 Å². The lowest BCUT2D eigenvalue weighted by atomic mass is 9.49. The summed E-state index contributed by atoms with van der Waals surface area (Å²) in [6.45, 7) is 4.65. The van der Waals surface area contributed by atoms with Crippen molar-refractivity contribution in [3.63, 3.8) is 0 Å². The Balaban J connectivity index is 1.94. The van der Waals surface area contributed by atoms with E-state index < -0.39 is 17.5 Å². The first-order chi connectivity index (χ1) is 12.2. The molecular weight excluding hydrogens is 338 g/mol. The molecule has 3 unspecified atom stereocenters. The van der Waals surface area contributed by atoms with E-state index in [9.17, 15) is 19.0 Å². The molecule has 6 heteroatoms. The number of nitrogens with two attached hydrogens (primary N) is 2. The fourth-order valence-corrected chi connectivity index (χ4v) is 6.86. The number of halogens is 2. The Morgan fingerprint density at radius 2 is 1.85 bits per heavy atom. The monoisotopic (exact) mass is 372 g/mol. The summed E-state index contributed by atoms with van der Waals surface area (Å²) < 4.78 is 27.3. The second-order valence-corrected chi connectivity index (χ2v) is 9.40. The summed E-state index contributed by atoms with van der Waals surface area (Å²) in [7, 11) is 0. The zero-order chi connectivity index (χ0) is 19.3. The standard InChI is InChI=1S/C20H34F2N2O2/c1-19(5-3-12(26)7-11(19)10-25)14-4-6-20(2)15(13(14)9-23)8-16(24)17(20)18(21)22/h11-16,25-26H,3-10,23-24H2,1-2H3/t11-,12+,13-,14?,15?,16?,19+,20+/m1/s1. The Morgan fingerprint density at radius 1 is 1.15 bits per heavy atom. The second kappa shape index (κ2) is 7.12. The molecule has 0 bridgehead atoms. The molecule has 3 fully saturated rings. The van der Waals surface area contributed by atoms with E-state index in [0.717, 1.165) is 19.3 Å². The molecule has 0 aromatic heterocycles. The molecule has 0 aromatic carbocycles. The van der Waals surface area contributed by atoms with E-state index in [1.807, 2.05) is 6.92 Å². The van der Waals surface area contributed by atoms with Crippen molar-refractivity contribution in [2.75, 3.05) is 13.2 Å². The van der Waals surface area contributed by atoms with E-state index in [1.165, 1.54) is 0 Å². The molecule has 3 rings (SSSR count). The van der Waals surface area contributed by atoms with Crippen LogP contribution in [0.5, 0.6) is 0 Å². The zero-order valence-electron chi connectivity index (χ0n) is 15.9. The number of fused-ring (bicyclic) bond motifs is 1. The van der Waals surface area contributed by atoms with Crippen molar-refractivity contribution in [2.45, 2.75) is 64.5 Å². The molecule has 0 spiro atoms. The van der Waals surface area contributed by atoms with E-state index >= 15 is 0 Å². The quantitative estimate of drug-likeness (QED) is 0.613. The minimum absolute atomic E-state index is 0.0256. The normalized spacial score (nSPS) is 49.2. The SMILES string of the molecule is C[C@]12CCC([C@@]3(C)CC[C@H](O)C[C@@H]3CO)[C@@H](CN)C1CC(N)C2=C(F)F. The lowest BCUT2D eigenvalue weighted by Crippen LogP contribution is -2.52. The van der Waals surface area contributed by atoms with Crippen LogP contribution in [0.4, 0.5) is 8.78 Å². The first-order valence-electron chi connectivity index (χ1n) is 9.99. The summed E-state index contributed by atoms with van der Waals surface area (Å²) in [5, 5.41) is 20.0. The van der Waals surface area contributed by atoms with Gasteiger partial charge in [-0.2, -0.15) is 8.78 Å². The molecule has 26 heavy (non-hydrogen) atoms. The molecule has 0 amide bonds. The van der Waals surface area contributed by atoms with Gasteiger partial charge in [-0.1, -0.05) is 13.8 Å². The number of hydrogen-bond donors (Lipinski definition) is 4. The summed E-state index contributed by atoms with van der Waals surface area (Å²) in [6.07, 6.45) is 2.27. The highest BCUT2D eigenvalue weighted by molar-refractivity contribution is 5.29. The Bertz CT molecular complexity index is 568. The van der Waals surface area contributed by atoms with Crippen molar-refractivity contribution >= 4 is 0 Å². The largest absolute Gasteiger partial charge is 0.396 e. The highest BCUT2D eigenvalue weighted by Crippen LogP contribution is 2.63. The molecule has 0 aromatic rings. The van der Waals surface area contributed by atoms with Gasteiger partial charge < -0.3 is 21.7 Å². The molecule has 0 saturated heterocycles. The molecule has 3 aliphatic rings. The van der Waals surface area contributed by atoms with Crippen molar-refractivity contribution < 1.29 is 19.0 Å². The van der Waals surface area contributed by atoms with E-state index in [4.69, 9.17) is 11.5 Å². The molecule has 0 heterocycles. The summed E-state index contributed by atoms with van der Waals surface area (Å²) in [5.74, 6) is 0.466. The maximum Gasteiger partial charge on any atom is 0.271 e. The molecule has 4 nitrogen and oxygen atoms in total. The molecule has 3 aliphatic carbocycles. The van der Waals surface area contributed by atoms with E-state index in [0.29, 0.717) is 25.8 Å². The fourth-order valence-electron chi connectivity index (χ4n) is 6.86. The minimum atomic E-state index is -1.61. The van der Waals surface area contributed by atoms with E-state index in [1.54, 1.807) is 0 Å². The summed E-state index contributed by atoms with van der Waals surface area (Å²) >= 11 is 0. The van der Waals surface area contributed by atoms with Crippen molar-refractivity contribution in [1.29, 1.82) is 0 Å². The average Bonchev–Trinajstić information content (AvgIpc) is 2.86. The lowest BCUT2D eigenvalue weighted by molar-refractivity contribution is -0.0920. The third-order valence-electron chi connectivity index (χ3n) is 8.37. The topological polar surface area (TPSA) is 92.5 Å². The van der Waals surface area contributed by atoms with Gasteiger partial charge in [0.1, 0.15) is 0 Å². The van der Waals surface area contributed by atoms with Gasteiger partial charge in [0.15, 0.2) is 0 Å². The van der Waals surface area contributed by atoms with Crippen LogP contribution in [0, 0.1) is 34.5 Å². The van der Waals surface area contributed by atoms with Crippen molar-refractivity contribution in [2.24, 2.45) is 46.0 Å². The summed E-state index contributed by atoms with van der Waals surface area (Å²) in [4.78, 5) is 0. The van der Waals surface area contributed by atoms with Gasteiger partial charge in [0, 0.05) is 18.2 Å². The maximum absolute atomic E-state index is 13.6. The first-order valence-corrected chi connectivity index (χ1v) is 9.99. The highest BCUT2D eigenvalue weighted by Gasteiger charge is 2.59. The van der Waals surface area contributed by atoms with Gasteiger partial charge in [0.25, 0.3) is 6.08 Å². The lowest BCUT2D eigenvalue weighted by Gasteiger charge is -2.56. The Kier molecular flexibility index (Phi) is 5.52. The van der Waals surface area contributed by atoms with Crippen molar-refractivity contribution in [3.8, 4) is 0 Å². The van der Waals surface area contributed by atoms with Crippen LogP contribution in [0.1, 0.15) is 52.4 Å². The summed E-state index contributed by atoms with van der Waals surface area (Å²) in [5.41, 5.74) is 11.8. The Labute approximate surface area is 155 Å². The first kappa shape index (κ1) is 20.2. The summed E-state index contributed by atoms with van der Waals surface area (Å²) in [6, 6.07) is -0.586. The van der Waals surface area contributed by atoms with Crippen LogP contribution in [0.25, 0.3) is 0 Å². The van der Waals surface area contributed by atoms with Gasteiger partial charge in [-0.15, -0.1) is 0 Å². The van der Waals surface area contributed by atoms with E-state index in [-0.39, 0.29) is 47.4 Å². The Morgan fingerprint density at radius 3 is 2.42 bits per heavy atom. The number of hydrogen-bond acceptors (Lipinski definition) is 4. The smallest absolute Gasteiger partial charge is 0.271 e. The van der Waals surface area contributed by atoms with Crippen LogP contribution in [0.2, 0.25) is 0 Å². The molecular formula is C20H34F2N2O2. The average molecular weight is 373 g/mol. The van der Waals surface area contributed by atoms with Crippen LogP contribution in [0.15, 0.2) is 11.7 Å². The molecule has 150 valence electrons. The predicted molar refractivity (Wildman–Crippen MR) is 97.2 cm³/mol.